The van der Waals surface area contributed by atoms with E-state index in [1.165, 1.54) is 4.57 Å². The monoisotopic (exact) mass is 463 g/mol. The number of aromatic nitrogens is 2. The van der Waals surface area contributed by atoms with Crippen LogP contribution in [0, 0.1) is 6.92 Å². The molecule has 0 atom stereocenters. The molecule has 0 saturated heterocycles. The molecular weight excluding hydrogens is 442 g/mol. The maximum Gasteiger partial charge on any atom is 0.442 e. The fourth-order valence-corrected chi connectivity index (χ4v) is 4.42. The van der Waals surface area contributed by atoms with Gasteiger partial charge < -0.3 is 14.4 Å². The van der Waals surface area contributed by atoms with Crippen LogP contribution in [0.1, 0.15) is 10.4 Å². The first-order valence-corrected chi connectivity index (χ1v) is 11.3. The Morgan fingerprint density at radius 3 is 2.70 bits per heavy atom. The van der Waals surface area contributed by atoms with Crippen molar-refractivity contribution in [3.8, 4) is 22.9 Å². The van der Waals surface area contributed by atoms with Crippen LogP contribution in [-0.4, -0.2) is 28.8 Å². The van der Waals surface area contributed by atoms with Gasteiger partial charge in [0.2, 0.25) is 5.91 Å². The third-order valence-electron chi connectivity index (χ3n) is 5.40. The van der Waals surface area contributed by atoms with Crippen molar-refractivity contribution in [1.82, 2.24) is 9.72 Å². The minimum absolute atomic E-state index is 0.216. The lowest BCUT2D eigenvalue weighted by Crippen LogP contribution is -2.35. The van der Waals surface area contributed by atoms with Crippen LogP contribution in [0.5, 0.6) is 11.5 Å². The maximum absolute atomic E-state index is 13.6. The summed E-state index contributed by atoms with van der Waals surface area (Å²) >= 11 is 1.56. The fraction of sp³-hybridized carbons (Fsp3) is 0.208. The molecule has 1 aliphatic heterocycles. The fourth-order valence-electron chi connectivity index (χ4n) is 3.73. The van der Waals surface area contributed by atoms with E-state index in [1.54, 1.807) is 28.4 Å². The molecule has 3 heterocycles. The molecule has 1 amide bonds. The Morgan fingerprint density at radius 2 is 1.91 bits per heavy atom. The van der Waals surface area contributed by atoms with Crippen LogP contribution in [0.25, 0.3) is 11.4 Å². The number of hydrogen-bond donors (Lipinski definition) is 0. The molecule has 0 bridgehead atoms. The minimum Gasteiger partial charge on any atom is -0.486 e. The Hall–Kier alpha value is -3.85. The predicted octanol–water partition coefficient (Wildman–Crippen LogP) is 3.88. The number of ether oxygens (including phenoxy) is 2. The van der Waals surface area contributed by atoms with Crippen molar-refractivity contribution in [2.45, 2.75) is 20.0 Å². The number of aryl methyl sites for hydroxylation is 1. The summed E-state index contributed by atoms with van der Waals surface area (Å²) in [7, 11) is 0. The van der Waals surface area contributed by atoms with Crippen molar-refractivity contribution in [2.75, 3.05) is 18.1 Å². The first kappa shape index (κ1) is 21.0. The molecule has 0 radical (unpaired) electrons. The van der Waals surface area contributed by atoms with Gasteiger partial charge in [0.15, 0.2) is 17.3 Å². The molecule has 1 aliphatic rings. The molecular formula is C24H21N3O5S. The Kier molecular flexibility index (Phi) is 5.70. The Morgan fingerprint density at radius 1 is 1.09 bits per heavy atom. The highest BCUT2D eigenvalue weighted by molar-refractivity contribution is 7.09. The van der Waals surface area contributed by atoms with Crippen LogP contribution in [0.2, 0.25) is 0 Å². The molecule has 4 aromatic rings. The molecule has 0 fully saturated rings. The number of fused-ring (bicyclic) bond motifs is 1. The zero-order valence-electron chi connectivity index (χ0n) is 17.9. The number of amides is 1. The van der Waals surface area contributed by atoms with Gasteiger partial charge in [0.05, 0.1) is 6.54 Å². The van der Waals surface area contributed by atoms with Crippen LogP contribution < -0.4 is 20.1 Å². The van der Waals surface area contributed by atoms with Gasteiger partial charge in [0.1, 0.15) is 19.8 Å². The number of anilines is 1. The number of rotatable bonds is 6. The lowest BCUT2D eigenvalue weighted by molar-refractivity contribution is -0.119. The molecule has 8 nitrogen and oxygen atoms in total. The summed E-state index contributed by atoms with van der Waals surface area (Å²) in [6, 6.07) is 16.8. The van der Waals surface area contributed by atoms with Crippen LogP contribution in [-0.2, 0) is 17.9 Å². The molecule has 0 unspecified atom stereocenters. The van der Waals surface area contributed by atoms with Crippen LogP contribution in [0.4, 0.5) is 5.69 Å². The Bertz CT molecular complexity index is 1340. The van der Waals surface area contributed by atoms with Gasteiger partial charge in [-0.3, -0.25) is 9.32 Å². The SMILES string of the molecule is Cc1ccccc1-c1noc(=O)n1CC(=O)N(Cc1cccs1)c1ccc2c(c1)OCCO2. The average Bonchev–Trinajstić information content (AvgIpc) is 3.47. The van der Waals surface area contributed by atoms with Gasteiger partial charge in [-0.25, -0.2) is 9.36 Å². The zero-order chi connectivity index (χ0) is 22.8. The lowest BCUT2D eigenvalue weighted by atomic mass is 10.1. The molecule has 2 aromatic heterocycles. The van der Waals surface area contributed by atoms with E-state index in [-0.39, 0.29) is 12.5 Å². The van der Waals surface area contributed by atoms with E-state index < -0.39 is 5.76 Å². The van der Waals surface area contributed by atoms with E-state index in [4.69, 9.17) is 14.0 Å². The van der Waals surface area contributed by atoms with Crippen molar-refractivity contribution >= 4 is 22.9 Å². The maximum atomic E-state index is 13.6. The van der Waals surface area contributed by atoms with Crippen LogP contribution in [0.15, 0.2) is 69.3 Å². The lowest BCUT2D eigenvalue weighted by Gasteiger charge is -2.25. The highest BCUT2D eigenvalue weighted by Crippen LogP contribution is 2.35. The summed E-state index contributed by atoms with van der Waals surface area (Å²) in [5.74, 6) is 0.598. The number of hydrogen-bond acceptors (Lipinski definition) is 7. The molecule has 0 saturated carbocycles. The third-order valence-corrected chi connectivity index (χ3v) is 6.26. The number of benzene rings is 2. The molecule has 9 heteroatoms. The summed E-state index contributed by atoms with van der Waals surface area (Å²) < 4.78 is 17.5. The number of carbonyl (C=O) groups is 1. The van der Waals surface area contributed by atoms with Crippen molar-refractivity contribution in [1.29, 1.82) is 0 Å². The van der Waals surface area contributed by atoms with Crippen molar-refractivity contribution in [2.24, 2.45) is 0 Å². The van der Waals surface area contributed by atoms with Crippen molar-refractivity contribution in [3.05, 3.63) is 81.0 Å². The van der Waals surface area contributed by atoms with Gasteiger partial charge in [-0.15, -0.1) is 11.3 Å². The summed E-state index contributed by atoms with van der Waals surface area (Å²) in [6.07, 6.45) is 0. The van der Waals surface area contributed by atoms with Crippen LogP contribution in [0.3, 0.4) is 0 Å². The first-order chi connectivity index (χ1) is 16.1. The van der Waals surface area contributed by atoms with Crippen molar-refractivity contribution in [3.63, 3.8) is 0 Å². The molecule has 168 valence electrons. The van der Waals surface area contributed by atoms with Crippen LogP contribution >= 0.6 is 11.3 Å². The van der Waals surface area contributed by atoms with Gasteiger partial charge in [-0.1, -0.05) is 35.5 Å². The summed E-state index contributed by atoms with van der Waals surface area (Å²) in [5.41, 5.74) is 2.31. The van der Waals surface area contributed by atoms with E-state index in [1.807, 2.05) is 54.8 Å². The summed E-state index contributed by atoms with van der Waals surface area (Å²) in [5, 5.41) is 5.90. The minimum atomic E-state index is -0.681. The molecule has 2 aromatic carbocycles. The van der Waals surface area contributed by atoms with E-state index in [0.29, 0.717) is 42.8 Å². The zero-order valence-corrected chi connectivity index (χ0v) is 18.7. The van der Waals surface area contributed by atoms with E-state index >= 15 is 0 Å². The topological polar surface area (TPSA) is 86.8 Å². The van der Waals surface area contributed by atoms with Gasteiger partial charge in [-0.05, 0) is 36.1 Å². The smallest absolute Gasteiger partial charge is 0.442 e. The summed E-state index contributed by atoms with van der Waals surface area (Å²) in [6.45, 7) is 2.99. The van der Waals surface area contributed by atoms with Gasteiger partial charge in [0.25, 0.3) is 0 Å². The highest BCUT2D eigenvalue weighted by Gasteiger charge is 2.24. The molecule has 5 rings (SSSR count). The predicted molar refractivity (Wildman–Crippen MR) is 124 cm³/mol. The second kappa shape index (κ2) is 8.95. The molecule has 0 spiro atoms. The Balaban J connectivity index is 1.50. The quantitative estimate of drug-likeness (QED) is 0.431. The Labute approximate surface area is 193 Å². The van der Waals surface area contributed by atoms with Gasteiger partial charge in [-0.2, -0.15) is 0 Å². The molecule has 0 aliphatic carbocycles. The third kappa shape index (κ3) is 4.27. The second-order valence-electron chi connectivity index (χ2n) is 7.56. The number of carbonyl (C=O) groups excluding carboxylic acids is 1. The highest BCUT2D eigenvalue weighted by atomic mass is 32.1. The van der Waals surface area contributed by atoms with E-state index in [9.17, 15) is 9.59 Å². The summed E-state index contributed by atoms with van der Waals surface area (Å²) in [4.78, 5) is 28.7. The first-order valence-electron chi connectivity index (χ1n) is 10.4. The second-order valence-corrected chi connectivity index (χ2v) is 8.59. The standard InChI is InChI=1S/C24H21N3O5S/c1-16-5-2-3-7-19(16)23-25-32-24(29)27(23)15-22(28)26(14-18-6-4-12-33-18)17-8-9-20-21(13-17)31-11-10-30-20/h2-9,12-13H,10-11,14-15H2,1H3. The largest absolute Gasteiger partial charge is 0.486 e. The van der Waals surface area contributed by atoms with Gasteiger partial charge >= 0.3 is 5.76 Å². The average molecular weight is 464 g/mol. The van der Waals surface area contributed by atoms with Gasteiger partial charge in [0, 0.05) is 22.2 Å². The van der Waals surface area contributed by atoms with Crippen molar-refractivity contribution < 1.29 is 18.8 Å². The molecule has 33 heavy (non-hydrogen) atoms. The normalized spacial score (nSPS) is 12.5. The van der Waals surface area contributed by atoms with E-state index in [2.05, 4.69) is 5.16 Å². The number of nitrogens with zero attached hydrogens (tertiary/aromatic N) is 3. The van der Waals surface area contributed by atoms with E-state index in [0.717, 1.165) is 16.0 Å². The number of thiophene rings is 1. The molecule has 0 N–H and O–H groups in total.